The Hall–Kier alpha value is -4.32. The van der Waals surface area contributed by atoms with E-state index in [-0.39, 0.29) is 22.9 Å². The lowest BCUT2D eigenvalue weighted by molar-refractivity contribution is 0.100. The van der Waals surface area contributed by atoms with Gasteiger partial charge in [-0.2, -0.15) is 0 Å². The molecule has 0 aliphatic rings. The van der Waals surface area contributed by atoms with Crippen LogP contribution in [0.3, 0.4) is 0 Å². The minimum Gasteiger partial charge on any atom is -0.480 e. The SMILES string of the molecule is COc1ncc(-c2ccc3nc(N)c(C(N)=O)cc3c2)cc1NS(=O)(=O)c1ccc(F)cc1F. The first-order valence-electron chi connectivity index (χ1n) is 9.61. The summed E-state index contributed by atoms with van der Waals surface area (Å²) in [6.45, 7) is 0. The molecule has 5 N–H and O–H groups in total. The topological polar surface area (TPSA) is 150 Å². The summed E-state index contributed by atoms with van der Waals surface area (Å²) in [6, 6.07) is 10.1. The van der Waals surface area contributed by atoms with Gasteiger partial charge in [0.2, 0.25) is 5.88 Å². The number of methoxy groups -OCH3 is 1. The monoisotopic (exact) mass is 485 g/mol. The lowest BCUT2D eigenvalue weighted by Gasteiger charge is -2.13. The van der Waals surface area contributed by atoms with E-state index in [1.807, 2.05) is 0 Å². The molecule has 0 fully saturated rings. The summed E-state index contributed by atoms with van der Waals surface area (Å²) in [7, 11) is -3.15. The third-order valence-corrected chi connectivity index (χ3v) is 6.31. The van der Waals surface area contributed by atoms with Crippen LogP contribution in [0.5, 0.6) is 5.88 Å². The van der Waals surface area contributed by atoms with Gasteiger partial charge in [-0.3, -0.25) is 9.52 Å². The van der Waals surface area contributed by atoms with Crippen molar-refractivity contribution in [2.45, 2.75) is 4.90 Å². The molecule has 174 valence electrons. The molecular formula is C22H17F2N5O4S. The Morgan fingerprint density at radius 2 is 1.82 bits per heavy atom. The molecule has 0 aliphatic heterocycles. The highest BCUT2D eigenvalue weighted by Crippen LogP contribution is 2.32. The van der Waals surface area contributed by atoms with Crippen LogP contribution in [0.1, 0.15) is 10.4 Å². The predicted octanol–water partition coefficient (Wildman–Crippen LogP) is 3.07. The van der Waals surface area contributed by atoms with Gasteiger partial charge in [0, 0.05) is 23.2 Å². The number of aromatic nitrogens is 2. The fraction of sp³-hybridized carbons (Fsp3) is 0.0455. The number of nitrogen functional groups attached to an aromatic ring is 1. The smallest absolute Gasteiger partial charge is 0.264 e. The summed E-state index contributed by atoms with van der Waals surface area (Å²) < 4.78 is 60.1. The average molecular weight is 485 g/mol. The summed E-state index contributed by atoms with van der Waals surface area (Å²) in [6.07, 6.45) is 1.44. The number of fused-ring (bicyclic) bond motifs is 1. The van der Waals surface area contributed by atoms with E-state index >= 15 is 0 Å². The third-order valence-electron chi connectivity index (χ3n) is 4.92. The van der Waals surface area contributed by atoms with Crippen LogP contribution in [0, 0.1) is 11.6 Å². The first-order valence-corrected chi connectivity index (χ1v) is 11.1. The first-order chi connectivity index (χ1) is 16.1. The number of benzene rings is 2. The number of carbonyl (C=O) groups excluding carboxylic acids is 1. The molecule has 0 saturated heterocycles. The molecule has 0 saturated carbocycles. The van der Waals surface area contributed by atoms with Gasteiger partial charge in [0.05, 0.1) is 18.2 Å². The quantitative estimate of drug-likeness (QED) is 0.380. The molecular weight excluding hydrogens is 468 g/mol. The molecule has 12 heteroatoms. The minimum absolute atomic E-state index is 0.00332. The number of anilines is 2. The van der Waals surface area contributed by atoms with Crippen molar-refractivity contribution in [3.63, 3.8) is 0 Å². The fourth-order valence-electron chi connectivity index (χ4n) is 3.31. The summed E-state index contributed by atoms with van der Waals surface area (Å²) in [4.78, 5) is 19.1. The van der Waals surface area contributed by atoms with Crippen LogP contribution in [0.25, 0.3) is 22.0 Å². The van der Waals surface area contributed by atoms with E-state index in [0.717, 1.165) is 12.1 Å². The Balaban J connectivity index is 1.77. The fourth-order valence-corrected chi connectivity index (χ4v) is 4.42. The van der Waals surface area contributed by atoms with Crippen molar-refractivity contribution in [2.75, 3.05) is 17.6 Å². The molecule has 4 rings (SSSR count). The predicted molar refractivity (Wildman–Crippen MR) is 122 cm³/mol. The minimum atomic E-state index is -4.43. The number of primary amides is 1. The second-order valence-corrected chi connectivity index (χ2v) is 8.80. The highest BCUT2D eigenvalue weighted by Gasteiger charge is 2.22. The lowest BCUT2D eigenvalue weighted by Crippen LogP contribution is -2.15. The summed E-state index contributed by atoms with van der Waals surface area (Å²) in [5.74, 6) is -2.95. The molecule has 1 amide bonds. The summed E-state index contributed by atoms with van der Waals surface area (Å²) in [5.41, 5.74) is 12.7. The number of nitrogens with two attached hydrogens (primary N) is 2. The van der Waals surface area contributed by atoms with Crippen molar-refractivity contribution in [1.82, 2.24) is 9.97 Å². The van der Waals surface area contributed by atoms with Crippen LogP contribution in [0.4, 0.5) is 20.3 Å². The van der Waals surface area contributed by atoms with E-state index in [1.54, 1.807) is 18.2 Å². The number of hydrogen-bond acceptors (Lipinski definition) is 7. The van der Waals surface area contributed by atoms with E-state index in [9.17, 15) is 22.0 Å². The highest BCUT2D eigenvalue weighted by atomic mass is 32.2. The molecule has 2 heterocycles. The normalized spacial score (nSPS) is 11.4. The molecule has 0 spiro atoms. The van der Waals surface area contributed by atoms with Crippen LogP contribution in [-0.2, 0) is 10.0 Å². The van der Waals surface area contributed by atoms with Gasteiger partial charge in [0.15, 0.2) is 0 Å². The zero-order valence-electron chi connectivity index (χ0n) is 17.5. The number of rotatable bonds is 6. The van der Waals surface area contributed by atoms with Gasteiger partial charge < -0.3 is 16.2 Å². The molecule has 2 aromatic carbocycles. The van der Waals surface area contributed by atoms with Crippen molar-refractivity contribution in [1.29, 1.82) is 0 Å². The number of sulfonamides is 1. The number of halogens is 2. The van der Waals surface area contributed by atoms with E-state index in [2.05, 4.69) is 14.7 Å². The third kappa shape index (κ3) is 4.30. The number of nitrogens with one attached hydrogen (secondary N) is 1. The van der Waals surface area contributed by atoms with Crippen molar-refractivity contribution in [2.24, 2.45) is 5.73 Å². The number of hydrogen-bond donors (Lipinski definition) is 3. The lowest BCUT2D eigenvalue weighted by atomic mass is 10.0. The molecule has 2 aromatic heterocycles. The molecule has 9 nitrogen and oxygen atoms in total. The van der Waals surface area contributed by atoms with Gasteiger partial charge in [0.1, 0.15) is 28.0 Å². The van der Waals surface area contributed by atoms with Crippen LogP contribution < -0.4 is 20.9 Å². The van der Waals surface area contributed by atoms with Crippen molar-refractivity contribution >= 4 is 38.3 Å². The van der Waals surface area contributed by atoms with Gasteiger partial charge in [-0.15, -0.1) is 0 Å². The van der Waals surface area contributed by atoms with E-state index in [1.165, 1.54) is 25.4 Å². The first kappa shape index (κ1) is 22.9. The van der Waals surface area contributed by atoms with Gasteiger partial charge in [0.25, 0.3) is 15.9 Å². The number of nitrogens with zero attached hydrogens (tertiary/aromatic N) is 2. The molecule has 4 aromatic rings. The highest BCUT2D eigenvalue weighted by molar-refractivity contribution is 7.92. The second-order valence-electron chi connectivity index (χ2n) is 7.15. The zero-order valence-corrected chi connectivity index (χ0v) is 18.4. The Labute approximate surface area is 192 Å². The molecule has 0 bridgehead atoms. The Bertz CT molecular complexity index is 1560. The maximum absolute atomic E-state index is 14.1. The molecule has 0 aliphatic carbocycles. The van der Waals surface area contributed by atoms with Gasteiger partial charge in [-0.25, -0.2) is 27.2 Å². The Morgan fingerprint density at radius 3 is 2.50 bits per heavy atom. The van der Waals surface area contributed by atoms with E-state index in [0.29, 0.717) is 28.1 Å². The number of pyridine rings is 2. The van der Waals surface area contributed by atoms with Gasteiger partial charge in [-0.05, 0) is 42.0 Å². The summed E-state index contributed by atoms with van der Waals surface area (Å²) in [5, 5.41) is 0.562. The maximum Gasteiger partial charge on any atom is 0.264 e. The van der Waals surface area contributed by atoms with Gasteiger partial charge in [-0.1, -0.05) is 6.07 Å². The number of carbonyl (C=O) groups is 1. The van der Waals surface area contributed by atoms with Crippen molar-refractivity contribution in [3.8, 4) is 17.0 Å². The van der Waals surface area contributed by atoms with Crippen molar-refractivity contribution < 1.29 is 26.7 Å². The van der Waals surface area contributed by atoms with Crippen molar-refractivity contribution in [3.05, 3.63) is 71.9 Å². The average Bonchev–Trinajstić information content (AvgIpc) is 2.77. The zero-order chi connectivity index (χ0) is 24.6. The Morgan fingerprint density at radius 1 is 1.06 bits per heavy atom. The molecule has 34 heavy (non-hydrogen) atoms. The van der Waals surface area contributed by atoms with Gasteiger partial charge >= 0.3 is 0 Å². The van der Waals surface area contributed by atoms with Crippen LogP contribution in [-0.4, -0.2) is 31.4 Å². The maximum atomic E-state index is 14.1. The standard InChI is InChI=1S/C22H17F2N5O4S/c1-33-22-18(29-34(31,32)19-5-3-14(23)9-16(19)24)8-13(10-27-22)11-2-4-17-12(6-11)7-15(21(26)30)20(25)28-17/h2-10,29H,1H3,(H2,25,28)(H2,26,30). The number of amides is 1. The van der Waals surface area contributed by atoms with Crippen LogP contribution in [0.2, 0.25) is 0 Å². The molecule has 0 atom stereocenters. The van der Waals surface area contributed by atoms with Crippen LogP contribution >= 0.6 is 0 Å². The van der Waals surface area contributed by atoms with E-state index in [4.69, 9.17) is 16.2 Å². The van der Waals surface area contributed by atoms with E-state index < -0.39 is 32.5 Å². The largest absolute Gasteiger partial charge is 0.480 e. The number of ether oxygens (including phenoxy) is 1. The molecule has 0 unspecified atom stereocenters. The Kier molecular flexibility index (Phi) is 5.75. The van der Waals surface area contributed by atoms with Crippen LogP contribution in [0.15, 0.2) is 59.6 Å². The summed E-state index contributed by atoms with van der Waals surface area (Å²) >= 11 is 0. The second kappa shape index (κ2) is 8.56. The molecule has 0 radical (unpaired) electrons.